The Morgan fingerprint density at radius 3 is 2.86 bits per heavy atom. The number of rotatable bonds is 1. The fourth-order valence-corrected chi connectivity index (χ4v) is 1.64. The lowest BCUT2D eigenvalue weighted by Gasteiger charge is -2.05. The molecule has 0 fully saturated rings. The molecule has 4 nitrogen and oxygen atoms in total. The average Bonchev–Trinajstić information content (AvgIpc) is 2.57. The summed E-state index contributed by atoms with van der Waals surface area (Å²) in [5.41, 5.74) is 7.49. The molecule has 0 unspecified atom stereocenters. The molecule has 2 aromatic rings. The lowest BCUT2D eigenvalue weighted by molar-refractivity contribution is 0.775. The maximum Gasteiger partial charge on any atom is 0.159 e. The second-order valence-corrected chi connectivity index (χ2v) is 3.76. The predicted molar refractivity (Wildman–Crippen MR) is 58.6 cm³/mol. The lowest BCUT2D eigenvalue weighted by Crippen LogP contribution is -1.98. The molecule has 0 saturated heterocycles. The smallest absolute Gasteiger partial charge is 0.159 e. The van der Waals surface area contributed by atoms with Crippen molar-refractivity contribution in [2.75, 3.05) is 5.73 Å². The first-order valence-electron chi connectivity index (χ1n) is 4.08. The summed E-state index contributed by atoms with van der Waals surface area (Å²) < 4.78 is 2.57. The van der Waals surface area contributed by atoms with Gasteiger partial charge in [0.2, 0.25) is 0 Å². The Morgan fingerprint density at radius 2 is 2.21 bits per heavy atom. The number of halogens is 1. The van der Waals surface area contributed by atoms with Crippen molar-refractivity contribution in [3.63, 3.8) is 0 Å². The predicted octanol–water partition coefficient (Wildman–Crippen LogP) is 1.83. The van der Waals surface area contributed by atoms with Gasteiger partial charge in [-0.25, -0.2) is 9.67 Å². The summed E-state index contributed by atoms with van der Waals surface area (Å²) in [5, 5.41) is 4.00. The van der Waals surface area contributed by atoms with Crippen molar-refractivity contribution in [2.24, 2.45) is 7.05 Å². The van der Waals surface area contributed by atoms with Crippen molar-refractivity contribution in [1.29, 1.82) is 0 Å². The summed E-state index contributed by atoms with van der Waals surface area (Å²) in [7, 11) is 1.84. The van der Waals surface area contributed by atoms with Crippen LogP contribution < -0.4 is 5.73 Å². The minimum absolute atomic E-state index is 0.684. The Hall–Kier alpha value is -1.36. The van der Waals surface area contributed by atoms with Crippen molar-refractivity contribution in [3.8, 4) is 11.4 Å². The number of aryl methyl sites for hydroxylation is 1. The zero-order chi connectivity index (χ0) is 10.1. The molecule has 5 heteroatoms. The SMILES string of the molecule is Cn1ncnc1-c1cccc(Br)c1N. The molecular weight excluding hydrogens is 244 g/mol. The Morgan fingerprint density at radius 1 is 1.43 bits per heavy atom. The molecule has 1 aromatic heterocycles. The van der Waals surface area contributed by atoms with Crippen molar-refractivity contribution in [3.05, 3.63) is 29.0 Å². The van der Waals surface area contributed by atoms with Crippen molar-refractivity contribution >= 4 is 21.6 Å². The van der Waals surface area contributed by atoms with Crippen molar-refractivity contribution in [1.82, 2.24) is 14.8 Å². The van der Waals surface area contributed by atoms with Crippen LogP contribution in [-0.2, 0) is 7.05 Å². The Bertz CT molecular complexity index is 464. The standard InChI is InChI=1S/C9H9BrN4/c1-14-9(12-5-13-14)6-3-2-4-7(10)8(6)11/h2-5H,11H2,1H3. The first kappa shape index (κ1) is 9.21. The van der Waals surface area contributed by atoms with Gasteiger partial charge in [0.25, 0.3) is 0 Å². The summed E-state index contributed by atoms with van der Waals surface area (Å²) in [5.74, 6) is 0.767. The number of hydrogen-bond acceptors (Lipinski definition) is 3. The molecular formula is C9H9BrN4. The molecule has 0 aliphatic carbocycles. The van der Waals surface area contributed by atoms with Crippen LogP contribution in [0, 0.1) is 0 Å². The van der Waals surface area contributed by atoms with E-state index in [-0.39, 0.29) is 0 Å². The van der Waals surface area contributed by atoms with Gasteiger partial charge in [-0.3, -0.25) is 0 Å². The summed E-state index contributed by atoms with van der Waals surface area (Å²) in [4.78, 5) is 4.14. The van der Waals surface area contributed by atoms with Crippen LogP contribution in [0.2, 0.25) is 0 Å². The molecule has 1 aromatic carbocycles. The third kappa shape index (κ3) is 1.39. The van der Waals surface area contributed by atoms with Gasteiger partial charge in [-0.05, 0) is 28.1 Å². The number of aromatic nitrogens is 3. The molecule has 0 bridgehead atoms. The molecule has 0 atom stereocenters. The van der Waals surface area contributed by atoms with Gasteiger partial charge in [0, 0.05) is 17.1 Å². The van der Waals surface area contributed by atoms with Gasteiger partial charge in [0.15, 0.2) is 5.82 Å². The summed E-state index contributed by atoms with van der Waals surface area (Å²) in [6, 6.07) is 5.74. The number of nitrogens with zero attached hydrogens (tertiary/aromatic N) is 3. The lowest BCUT2D eigenvalue weighted by atomic mass is 10.2. The first-order valence-corrected chi connectivity index (χ1v) is 4.88. The van der Waals surface area contributed by atoms with Gasteiger partial charge < -0.3 is 5.73 Å². The molecule has 72 valence electrons. The first-order chi connectivity index (χ1) is 6.70. The van der Waals surface area contributed by atoms with Crippen LogP contribution in [-0.4, -0.2) is 14.8 Å². The highest BCUT2D eigenvalue weighted by Gasteiger charge is 2.09. The third-order valence-electron chi connectivity index (χ3n) is 2.01. The van der Waals surface area contributed by atoms with Crippen LogP contribution in [0.5, 0.6) is 0 Å². The van der Waals surface area contributed by atoms with Crippen LogP contribution in [0.25, 0.3) is 11.4 Å². The molecule has 1 heterocycles. The second kappa shape index (κ2) is 3.42. The van der Waals surface area contributed by atoms with Crippen LogP contribution in [0.4, 0.5) is 5.69 Å². The van der Waals surface area contributed by atoms with E-state index in [1.807, 2.05) is 25.2 Å². The maximum absolute atomic E-state index is 5.91. The highest BCUT2D eigenvalue weighted by atomic mass is 79.9. The molecule has 0 radical (unpaired) electrons. The van der Waals surface area contributed by atoms with Gasteiger partial charge in [-0.15, -0.1) is 0 Å². The zero-order valence-corrected chi connectivity index (χ0v) is 9.19. The summed E-state index contributed by atoms with van der Waals surface area (Å²) in [6.45, 7) is 0. The molecule has 2 N–H and O–H groups in total. The fraction of sp³-hybridized carbons (Fsp3) is 0.111. The molecule has 0 spiro atoms. The molecule has 14 heavy (non-hydrogen) atoms. The van der Waals surface area contributed by atoms with Gasteiger partial charge in [-0.2, -0.15) is 5.10 Å². The number of nitrogen functional groups attached to an aromatic ring is 1. The molecule has 0 amide bonds. The van der Waals surface area contributed by atoms with E-state index < -0.39 is 0 Å². The maximum atomic E-state index is 5.91. The van der Waals surface area contributed by atoms with Gasteiger partial charge in [0.05, 0.1) is 5.69 Å². The minimum atomic E-state index is 0.684. The molecule has 0 saturated carbocycles. The summed E-state index contributed by atoms with van der Waals surface area (Å²) in [6.07, 6.45) is 1.51. The van der Waals surface area contributed by atoms with Crippen LogP contribution in [0.15, 0.2) is 29.0 Å². The number of benzene rings is 1. The Kier molecular flexibility index (Phi) is 2.25. The van der Waals surface area contributed by atoms with Crippen LogP contribution in [0.1, 0.15) is 0 Å². The number of hydrogen-bond donors (Lipinski definition) is 1. The number of nitrogens with two attached hydrogens (primary N) is 1. The van der Waals surface area contributed by atoms with Crippen LogP contribution in [0.3, 0.4) is 0 Å². The number of anilines is 1. The monoisotopic (exact) mass is 252 g/mol. The van der Waals surface area contributed by atoms with Gasteiger partial charge in [-0.1, -0.05) is 6.07 Å². The van der Waals surface area contributed by atoms with E-state index in [4.69, 9.17) is 5.73 Å². The molecule has 0 aliphatic heterocycles. The average molecular weight is 253 g/mol. The third-order valence-corrected chi connectivity index (χ3v) is 2.70. The highest BCUT2D eigenvalue weighted by Crippen LogP contribution is 2.29. The van der Waals surface area contributed by atoms with E-state index >= 15 is 0 Å². The normalized spacial score (nSPS) is 10.4. The number of para-hydroxylation sites is 1. The van der Waals surface area contributed by atoms with Gasteiger partial charge >= 0.3 is 0 Å². The van der Waals surface area contributed by atoms with Gasteiger partial charge in [0.1, 0.15) is 6.33 Å². The molecule has 2 rings (SSSR count). The van der Waals surface area contributed by atoms with E-state index in [9.17, 15) is 0 Å². The van der Waals surface area contributed by atoms with E-state index in [0.29, 0.717) is 5.69 Å². The van der Waals surface area contributed by atoms with Crippen LogP contribution >= 0.6 is 15.9 Å². The largest absolute Gasteiger partial charge is 0.397 e. The van der Waals surface area contributed by atoms with Crippen molar-refractivity contribution < 1.29 is 0 Å². The minimum Gasteiger partial charge on any atom is -0.397 e. The van der Waals surface area contributed by atoms with E-state index in [0.717, 1.165) is 15.9 Å². The summed E-state index contributed by atoms with van der Waals surface area (Å²) >= 11 is 3.37. The second-order valence-electron chi connectivity index (χ2n) is 2.91. The van der Waals surface area contributed by atoms with Crippen molar-refractivity contribution in [2.45, 2.75) is 0 Å². The molecule has 0 aliphatic rings. The Labute approximate surface area is 89.9 Å². The fourth-order valence-electron chi connectivity index (χ4n) is 1.27. The highest BCUT2D eigenvalue weighted by molar-refractivity contribution is 9.10. The van der Waals surface area contributed by atoms with E-state index in [2.05, 4.69) is 26.0 Å². The zero-order valence-electron chi connectivity index (χ0n) is 7.61. The topological polar surface area (TPSA) is 56.7 Å². The van der Waals surface area contributed by atoms with E-state index in [1.54, 1.807) is 4.68 Å². The quantitative estimate of drug-likeness (QED) is 0.789. The Balaban J connectivity index is 2.63. The van der Waals surface area contributed by atoms with E-state index in [1.165, 1.54) is 6.33 Å².